The molecular weight excluding hydrogens is 480 g/mol. The summed E-state index contributed by atoms with van der Waals surface area (Å²) in [6, 6.07) is 27.9. The Balaban J connectivity index is 1.30. The second kappa shape index (κ2) is 11.4. The average Bonchev–Trinajstić information content (AvgIpc) is 3.40. The third kappa shape index (κ3) is 5.89. The number of carbonyl (C=O) groups is 1. The Morgan fingerprint density at radius 3 is 2.27 bits per heavy atom. The molecule has 0 atom stereocenters. The lowest BCUT2D eigenvalue weighted by atomic mass is 9.90. The van der Waals surface area contributed by atoms with Gasteiger partial charge in [-0.1, -0.05) is 48.5 Å². The summed E-state index contributed by atoms with van der Waals surface area (Å²) >= 11 is 5.66. The highest BCUT2D eigenvalue weighted by Crippen LogP contribution is 2.26. The number of rotatable bonds is 6. The molecule has 6 nitrogen and oxygen atoms in total. The molecule has 0 spiro atoms. The van der Waals surface area contributed by atoms with Crippen molar-refractivity contribution in [1.82, 2.24) is 20.0 Å². The predicted molar refractivity (Wildman–Crippen MR) is 150 cm³/mol. The van der Waals surface area contributed by atoms with E-state index in [1.807, 2.05) is 54.6 Å². The largest absolute Gasteiger partial charge is 0.497 e. The monoisotopic (exact) mass is 510 g/mol. The van der Waals surface area contributed by atoms with Crippen molar-refractivity contribution in [2.24, 2.45) is 5.92 Å². The molecule has 5 rings (SSSR count). The minimum Gasteiger partial charge on any atom is -0.497 e. The zero-order valence-electron chi connectivity index (χ0n) is 20.8. The van der Waals surface area contributed by atoms with Gasteiger partial charge in [0.05, 0.1) is 18.4 Å². The summed E-state index contributed by atoms with van der Waals surface area (Å²) in [7, 11) is 1.63. The van der Waals surface area contributed by atoms with Gasteiger partial charge in [0.1, 0.15) is 11.4 Å². The number of carbonyl (C=O) groups excluding carboxylic acids is 1. The number of hydrogen-bond donors (Lipinski definition) is 1. The first kappa shape index (κ1) is 24.7. The first-order valence-electron chi connectivity index (χ1n) is 12.5. The highest BCUT2D eigenvalue weighted by atomic mass is 32.1. The second-order valence-electron chi connectivity index (χ2n) is 9.28. The number of para-hydroxylation sites is 1. The van der Waals surface area contributed by atoms with Gasteiger partial charge < -0.3 is 9.64 Å². The summed E-state index contributed by atoms with van der Waals surface area (Å²) in [6.45, 7) is 1.68. The molecule has 0 unspecified atom stereocenters. The molecule has 0 saturated carbocycles. The van der Waals surface area contributed by atoms with Crippen LogP contribution in [-0.4, -0.2) is 45.9 Å². The van der Waals surface area contributed by atoms with Crippen molar-refractivity contribution in [2.75, 3.05) is 20.2 Å². The molecular formula is C30H30N4O2S. The Labute approximate surface area is 222 Å². The molecule has 37 heavy (non-hydrogen) atoms. The maximum absolute atomic E-state index is 13.5. The Hall–Kier alpha value is -3.97. The standard InChI is InChI=1S/C30H30N4O2S/c1-36-26-14-12-24(13-15-26)28-27(21-34(32-28)25-10-6-3-7-11-25)29(35)31-30(37)33-18-16-23(17-19-33)20-22-8-4-2-5-9-22/h2-15,21,23H,16-20H2,1H3,(H,31,35,37). The molecule has 1 amide bonds. The van der Waals surface area contributed by atoms with Crippen molar-refractivity contribution >= 4 is 23.2 Å². The van der Waals surface area contributed by atoms with Gasteiger partial charge in [-0.25, -0.2) is 4.68 Å². The van der Waals surface area contributed by atoms with E-state index in [2.05, 4.69) is 40.5 Å². The number of aromatic nitrogens is 2. The Morgan fingerprint density at radius 1 is 0.973 bits per heavy atom. The summed E-state index contributed by atoms with van der Waals surface area (Å²) < 4.78 is 7.02. The van der Waals surface area contributed by atoms with E-state index in [-0.39, 0.29) is 5.91 Å². The highest BCUT2D eigenvalue weighted by Gasteiger charge is 2.24. The van der Waals surface area contributed by atoms with Crippen LogP contribution in [0.1, 0.15) is 28.8 Å². The molecule has 1 aromatic heterocycles. The molecule has 0 bridgehead atoms. The zero-order chi connectivity index (χ0) is 25.6. The van der Waals surface area contributed by atoms with Crippen molar-refractivity contribution in [3.05, 3.63) is 102 Å². The molecule has 0 aliphatic carbocycles. The number of piperidine rings is 1. The van der Waals surface area contributed by atoms with Gasteiger partial charge in [0.2, 0.25) is 0 Å². The Morgan fingerprint density at radius 2 is 1.62 bits per heavy atom. The minimum absolute atomic E-state index is 0.260. The van der Waals surface area contributed by atoms with E-state index in [4.69, 9.17) is 22.1 Å². The van der Waals surface area contributed by atoms with Crippen LogP contribution in [0.25, 0.3) is 16.9 Å². The fraction of sp³-hybridized carbons (Fsp3) is 0.233. The van der Waals surface area contributed by atoms with Crippen LogP contribution in [0.5, 0.6) is 5.75 Å². The molecule has 4 aromatic rings. The van der Waals surface area contributed by atoms with Crippen LogP contribution in [0.15, 0.2) is 91.1 Å². The number of benzene rings is 3. The maximum atomic E-state index is 13.5. The van der Waals surface area contributed by atoms with Crippen LogP contribution in [0.3, 0.4) is 0 Å². The van der Waals surface area contributed by atoms with Crippen molar-refractivity contribution in [3.8, 4) is 22.7 Å². The Bertz CT molecular complexity index is 1350. The number of thiocarbonyl (C=S) groups is 1. The van der Waals surface area contributed by atoms with Gasteiger partial charge in [-0.3, -0.25) is 10.1 Å². The van der Waals surface area contributed by atoms with Gasteiger partial charge in [-0.2, -0.15) is 5.10 Å². The lowest BCUT2D eigenvalue weighted by molar-refractivity contribution is 0.0972. The number of likely N-dealkylation sites (tertiary alicyclic amines) is 1. The number of ether oxygens (including phenoxy) is 1. The second-order valence-corrected chi connectivity index (χ2v) is 9.67. The van der Waals surface area contributed by atoms with E-state index in [1.54, 1.807) is 18.0 Å². The molecule has 3 aromatic carbocycles. The van der Waals surface area contributed by atoms with Crippen molar-refractivity contribution in [2.45, 2.75) is 19.3 Å². The van der Waals surface area contributed by atoms with Crippen molar-refractivity contribution in [3.63, 3.8) is 0 Å². The van der Waals surface area contributed by atoms with E-state index < -0.39 is 0 Å². The highest BCUT2D eigenvalue weighted by molar-refractivity contribution is 7.80. The molecule has 0 radical (unpaired) electrons. The van der Waals surface area contributed by atoms with Crippen molar-refractivity contribution < 1.29 is 9.53 Å². The van der Waals surface area contributed by atoms with Crippen LogP contribution in [0.2, 0.25) is 0 Å². The smallest absolute Gasteiger partial charge is 0.261 e. The lowest BCUT2D eigenvalue weighted by Crippen LogP contribution is -2.46. The van der Waals surface area contributed by atoms with Crippen molar-refractivity contribution in [1.29, 1.82) is 0 Å². The van der Waals surface area contributed by atoms with E-state index in [9.17, 15) is 4.79 Å². The molecule has 188 valence electrons. The molecule has 1 saturated heterocycles. The van der Waals surface area contributed by atoms with E-state index in [0.29, 0.717) is 22.3 Å². The van der Waals surface area contributed by atoms with Gasteiger partial charge in [0.15, 0.2) is 5.11 Å². The van der Waals surface area contributed by atoms with E-state index in [0.717, 1.165) is 49.4 Å². The minimum atomic E-state index is -0.260. The quantitative estimate of drug-likeness (QED) is 0.346. The first-order chi connectivity index (χ1) is 18.1. The fourth-order valence-corrected chi connectivity index (χ4v) is 5.02. The summed E-state index contributed by atoms with van der Waals surface area (Å²) in [5.74, 6) is 1.11. The van der Waals surface area contributed by atoms with Crippen LogP contribution in [-0.2, 0) is 6.42 Å². The van der Waals surface area contributed by atoms with Gasteiger partial charge in [-0.15, -0.1) is 0 Å². The number of hydrogen-bond acceptors (Lipinski definition) is 4. The number of methoxy groups -OCH3 is 1. The maximum Gasteiger partial charge on any atom is 0.261 e. The lowest BCUT2D eigenvalue weighted by Gasteiger charge is -2.33. The number of amides is 1. The number of nitrogens with one attached hydrogen (secondary N) is 1. The SMILES string of the molecule is COc1ccc(-c2nn(-c3ccccc3)cc2C(=O)NC(=S)N2CCC(Cc3ccccc3)CC2)cc1. The molecule has 1 aliphatic heterocycles. The molecule has 7 heteroatoms. The normalized spacial score (nSPS) is 13.8. The van der Waals surface area contributed by atoms with Gasteiger partial charge >= 0.3 is 0 Å². The zero-order valence-corrected chi connectivity index (χ0v) is 21.7. The molecule has 1 fully saturated rings. The fourth-order valence-electron chi connectivity index (χ4n) is 4.75. The van der Waals surface area contributed by atoms with Crippen LogP contribution >= 0.6 is 12.2 Å². The summed E-state index contributed by atoms with van der Waals surface area (Å²) in [5, 5.41) is 8.19. The summed E-state index contributed by atoms with van der Waals surface area (Å²) in [6.07, 6.45) is 4.94. The van der Waals surface area contributed by atoms with Gasteiger partial charge in [0.25, 0.3) is 5.91 Å². The first-order valence-corrected chi connectivity index (χ1v) is 13.0. The summed E-state index contributed by atoms with van der Waals surface area (Å²) in [5.41, 5.74) is 4.13. The molecule has 1 aliphatic rings. The predicted octanol–water partition coefficient (Wildman–Crippen LogP) is 5.52. The third-order valence-electron chi connectivity index (χ3n) is 6.83. The number of nitrogens with zero attached hydrogens (tertiary/aromatic N) is 3. The Kier molecular flexibility index (Phi) is 7.61. The van der Waals surface area contributed by atoms with Gasteiger partial charge in [0, 0.05) is 24.8 Å². The summed E-state index contributed by atoms with van der Waals surface area (Å²) in [4.78, 5) is 15.6. The van der Waals surface area contributed by atoms with Crippen LogP contribution in [0.4, 0.5) is 0 Å². The molecule has 2 heterocycles. The molecule has 1 N–H and O–H groups in total. The van der Waals surface area contributed by atoms with Gasteiger partial charge in [-0.05, 0) is 79.4 Å². The third-order valence-corrected chi connectivity index (χ3v) is 7.19. The average molecular weight is 511 g/mol. The van der Waals surface area contributed by atoms with Crippen LogP contribution < -0.4 is 10.1 Å². The topological polar surface area (TPSA) is 59.4 Å². The van der Waals surface area contributed by atoms with Crippen LogP contribution in [0, 0.1) is 5.92 Å². The van der Waals surface area contributed by atoms with E-state index >= 15 is 0 Å². The van der Waals surface area contributed by atoms with E-state index in [1.165, 1.54) is 5.56 Å².